The van der Waals surface area contributed by atoms with Gasteiger partial charge in [-0.2, -0.15) is 0 Å². The highest BCUT2D eigenvalue weighted by molar-refractivity contribution is 6.34. The Bertz CT molecular complexity index is 817. The second-order valence-electron chi connectivity index (χ2n) is 8.52. The predicted molar refractivity (Wildman–Crippen MR) is 116 cm³/mol. The van der Waals surface area contributed by atoms with Crippen molar-refractivity contribution in [2.24, 2.45) is 5.92 Å². The largest absolute Gasteiger partial charge is 0.336 e. The number of nitrogens with zero attached hydrogens (tertiary/aromatic N) is 3. The lowest BCUT2D eigenvalue weighted by atomic mass is 9.89. The van der Waals surface area contributed by atoms with Crippen molar-refractivity contribution in [1.29, 1.82) is 0 Å². The fraction of sp³-hybridized carbons (Fsp3) is 0.591. The number of rotatable bonds is 4. The molecular formula is C22H29ClN4O3. The quantitative estimate of drug-likeness (QED) is 0.793. The Morgan fingerprint density at radius 2 is 1.77 bits per heavy atom. The summed E-state index contributed by atoms with van der Waals surface area (Å²) >= 11 is 6.39. The first kappa shape index (κ1) is 21.1. The molecule has 2 aliphatic heterocycles. The molecule has 30 heavy (non-hydrogen) atoms. The summed E-state index contributed by atoms with van der Waals surface area (Å²) in [5, 5.41) is 2.62. The van der Waals surface area contributed by atoms with E-state index in [0.29, 0.717) is 16.3 Å². The zero-order chi connectivity index (χ0) is 21.1. The minimum absolute atomic E-state index is 0.0287. The van der Waals surface area contributed by atoms with Crippen molar-refractivity contribution >= 4 is 35.1 Å². The third kappa shape index (κ3) is 4.78. The molecule has 1 saturated carbocycles. The molecule has 0 atom stereocenters. The van der Waals surface area contributed by atoms with Gasteiger partial charge in [0.25, 0.3) is 5.91 Å². The Morgan fingerprint density at radius 3 is 2.43 bits per heavy atom. The fourth-order valence-electron chi connectivity index (χ4n) is 4.70. The summed E-state index contributed by atoms with van der Waals surface area (Å²) in [6.07, 6.45) is 7.00. The molecular weight excluding hydrogens is 404 g/mol. The molecule has 7 nitrogen and oxygen atoms in total. The average molecular weight is 433 g/mol. The maximum atomic E-state index is 13.0. The van der Waals surface area contributed by atoms with Crippen LogP contribution < -0.4 is 10.2 Å². The number of carbonyl (C=O) groups excluding carboxylic acids is 3. The van der Waals surface area contributed by atoms with Crippen molar-refractivity contribution in [3.8, 4) is 0 Å². The van der Waals surface area contributed by atoms with Gasteiger partial charge in [-0.25, -0.2) is 4.79 Å². The second kappa shape index (κ2) is 9.35. The van der Waals surface area contributed by atoms with E-state index >= 15 is 0 Å². The molecule has 1 aromatic rings. The number of hydrogen-bond acceptors (Lipinski definition) is 4. The summed E-state index contributed by atoms with van der Waals surface area (Å²) in [4.78, 5) is 42.2. The van der Waals surface area contributed by atoms with Gasteiger partial charge in [0.2, 0.25) is 5.91 Å². The maximum absolute atomic E-state index is 13.0. The number of hydrogen-bond donors (Lipinski definition) is 1. The third-order valence-electron chi connectivity index (χ3n) is 6.44. The highest BCUT2D eigenvalue weighted by Crippen LogP contribution is 2.29. The SMILES string of the molecule is O=C1CCN(c2ccc(C(=O)N3CCN(CC4CCCCC4)CC3)cc2Cl)C(=O)N1. The molecule has 1 N–H and O–H groups in total. The van der Waals surface area contributed by atoms with Crippen LogP contribution in [0.1, 0.15) is 48.9 Å². The molecule has 0 spiro atoms. The zero-order valence-electron chi connectivity index (χ0n) is 17.2. The number of halogens is 1. The minimum atomic E-state index is -0.485. The Balaban J connectivity index is 1.34. The molecule has 3 aliphatic rings. The number of anilines is 1. The number of piperazine rings is 1. The molecule has 0 bridgehead atoms. The topological polar surface area (TPSA) is 73.0 Å². The van der Waals surface area contributed by atoms with Crippen LogP contribution in [0.3, 0.4) is 0 Å². The molecule has 1 aromatic carbocycles. The van der Waals surface area contributed by atoms with Crippen LogP contribution in [0, 0.1) is 5.92 Å². The highest BCUT2D eigenvalue weighted by atomic mass is 35.5. The van der Waals surface area contributed by atoms with Gasteiger partial charge in [0, 0.05) is 51.3 Å². The minimum Gasteiger partial charge on any atom is -0.336 e. The Kier molecular flexibility index (Phi) is 6.58. The molecule has 3 fully saturated rings. The van der Waals surface area contributed by atoms with Crippen LogP contribution >= 0.6 is 11.6 Å². The van der Waals surface area contributed by atoms with Crippen LogP contribution in [0.25, 0.3) is 0 Å². The first-order valence-corrected chi connectivity index (χ1v) is 11.3. The average Bonchev–Trinajstić information content (AvgIpc) is 2.75. The number of carbonyl (C=O) groups is 3. The summed E-state index contributed by atoms with van der Waals surface area (Å²) in [6, 6.07) is 4.53. The summed E-state index contributed by atoms with van der Waals surface area (Å²) < 4.78 is 0. The van der Waals surface area contributed by atoms with Crippen LogP contribution in [0.5, 0.6) is 0 Å². The molecule has 0 aromatic heterocycles. The maximum Gasteiger partial charge on any atom is 0.328 e. The van der Waals surface area contributed by atoms with E-state index < -0.39 is 6.03 Å². The van der Waals surface area contributed by atoms with Crippen molar-refractivity contribution in [2.75, 3.05) is 44.2 Å². The normalized spacial score (nSPS) is 21.6. The number of amides is 4. The van der Waals surface area contributed by atoms with Crippen LogP contribution in [0.2, 0.25) is 5.02 Å². The van der Waals surface area contributed by atoms with Crippen molar-refractivity contribution < 1.29 is 14.4 Å². The standard InChI is InChI=1S/C22H29ClN4O3/c23-18-14-17(6-7-19(18)27-9-8-20(28)24-22(27)30)21(29)26-12-10-25(11-13-26)15-16-4-2-1-3-5-16/h6-7,14,16H,1-5,8-13,15H2,(H,24,28,30). The van der Waals surface area contributed by atoms with E-state index in [-0.39, 0.29) is 24.8 Å². The van der Waals surface area contributed by atoms with Crippen LogP contribution in [0.4, 0.5) is 10.5 Å². The number of benzene rings is 1. The molecule has 0 unspecified atom stereocenters. The van der Waals surface area contributed by atoms with E-state index in [1.54, 1.807) is 18.2 Å². The van der Waals surface area contributed by atoms with Gasteiger partial charge < -0.3 is 4.90 Å². The van der Waals surface area contributed by atoms with Crippen molar-refractivity contribution in [3.05, 3.63) is 28.8 Å². The van der Waals surface area contributed by atoms with Gasteiger partial charge in [0.15, 0.2) is 0 Å². The summed E-state index contributed by atoms with van der Waals surface area (Å²) in [7, 11) is 0. The first-order valence-electron chi connectivity index (χ1n) is 10.9. The zero-order valence-corrected chi connectivity index (χ0v) is 18.0. The lowest BCUT2D eigenvalue weighted by Crippen LogP contribution is -2.50. The Labute approximate surface area is 182 Å². The molecule has 0 radical (unpaired) electrons. The van der Waals surface area contributed by atoms with E-state index in [4.69, 9.17) is 11.6 Å². The second-order valence-corrected chi connectivity index (χ2v) is 8.93. The Morgan fingerprint density at radius 1 is 1.03 bits per heavy atom. The summed E-state index contributed by atoms with van der Waals surface area (Å²) in [6.45, 7) is 4.71. The monoisotopic (exact) mass is 432 g/mol. The van der Waals surface area contributed by atoms with Crippen molar-refractivity contribution in [1.82, 2.24) is 15.1 Å². The molecule has 8 heteroatoms. The van der Waals surface area contributed by atoms with Gasteiger partial charge in [0.1, 0.15) is 0 Å². The molecule has 4 amide bonds. The van der Waals surface area contributed by atoms with E-state index in [1.807, 2.05) is 4.90 Å². The van der Waals surface area contributed by atoms with Gasteiger partial charge in [-0.15, -0.1) is 0 Å². The molecule has 1 aliphatic carbocycles. The van der Waals surface area contributed by atoms with Gasteiger partial charge in [-0.3, -0.25) is 24.7 Å². The van der Waals surface area contributed by atoms with Gasteiger partial charge >= 0.3 is 6.03 Å². The van der Waals surface area contributed by atoms with Crippen LogP contribution in [-0.4, -0.2) is 66.9 Å². The number of imide groups is 1. The molecule has 2 heterocycles. The van der Waals surface area contributed by atoms with Gasteiger partial charge in [-0.05, 0) is 37.0 Å². The molecule has 2 saturated heterocycles. The first-order chi connectivity index (χ1) is 14.5. The Hall–Kier alpha value is -2.12. The van der Waals surface area contributed by atoms with E-state index in [9.17, 15) is 14.4 Å². The molecule has 4 rings (SSSR count). The molecule has 162 valence electrons. The third-order valence-corrected chi connectivity index (χ3v) is 6.74. The smallest absolute Gasteiger partial charge is 0.328 e. The number of nitrogens with one attached hydrogen (secondary N) is 1. The lowest BCUT2D eigenvalue weighted by Gasteiger charge is -2.37. The summed E-state index contributed by atoms with van der Waals surface area (Å²) in [5.41, 5.74) is 1.04. The fourth-order valence-corrected chi connectivity index (χ4v) is 4.99. The van der Waals surface area contributed by atoms with E-state index in [1.165, 1.54) is 37.0 Å². The van der Waals surface area contributed by atoms with Gasteiger partial charge in [-0.1, -0.05) is 30.9 Å². The summed E-state index contributed by atoms with van der Waals surface area (Å²) in [5.74, 6) is 0.496. The van der Waals surface area contributed by atoms with Crippen LogP contribution in [0.15, 0.2) is 18.2 Å². The predicted octanol–water partition coefficient (Wildman–Crippen LogP) is 3.12. The lowest BCUT2D eigenvalue weighted by molar-refractivity contribution is -0.120. The van der Waals surface area contributed by atoms with Crippen LogP contribution in [-0.2, 0) is 4.79 Å². The van der Waals surface area contributed by atoms with E-state index in [2.05, 4.69) is 10.2 Å². The van der Waals surface area contributed by atoms with E-state index in [0.717, 1.165) is 38.6 Å². The number of urea groups is 1. The van der Waals surface area contributed by atoms with Crippen molar-refractivity contribution in [2.45, 2.75) is 38.5 Å². The highest BCUT2D eigenvalue weighted by Gasteiger charge is 2.28. The van der Waals surface area contributed by atoms with Gasteiger partial charge in [0.05, 0.1) is 10.7 Å². The van der Waals surface area contributed by atoms with Crippen molar-refractivity contribution in [3.63, 3.8) is 0 Å².